The molecule has 2 heterocycles. The molecule has 4 nitrogen and oxygen atoms in total. The Balaban J connectivity index is 2.37. The topological polar surface area (TPSA) is 52.3 Å². The largest absolute Gasteiger partial charge is 0.464 e. The Hall–Kier alpha value is -2.62. The molecule has 21 heavy (non-hydrogen) atoms. The Morgan fingerprint density at radius 2 is 2.05 bits per heavy atom. The molecule has 0 aliphatic rings. The average Bonchev–Trinajstić information content (AvgIpc) is 2.99. The van der Waals surface area contributed by atoms with E-state index in [4.69, 9.17) is 9.15 Å². The zero-order valence-electron chi connectivity index (χ0n) is 11.9. The van der Waals surface area contributed by atoms with Gasteiger partial charge in [-0.25, -0.2) is 4.79 Å². The zero-order valence-corrected chi connectivity index (χ0v) is 11.9. The van der Waals surface area contributed by atoms with E-state index in [1.807, 2.05) is 37.3 Å². The summed E-state index contributed by atoms with van der Waals surface area (Å²) in [7, 11) is 0. The first-order chi connectivity index (χ1) is 10.2. The Labute approximate surface area is 122 Å². The molecule has 0 N–H and O–H groups in total. The van der Waals surface area contributed by atoms with Gasteiger partial charge in [0.25, 0.3) is 0 Å². The number of ether oxygens (including phenoxy) is 1. The van der Waals surface area contributed by atoms with Gasteiger partial charge in [0.15, 0.2) is 0 Å². The Morgan fingerprint density at radius 1 is 1.24 bits per heavy atom. The van der Waals surface area contributed by atoms with Crippen molar-refractivity contribution in [1.82, 2.24) is 4.98 Å². The standard InChI is InChI=1S/C17H15NO3/c1-3-20-17(19)15-11(2)18-13-8-5-4-7-12(13)16(15)14-9-6-10-21-14/h4-10H,3H2,1-2H3. The second-order valence-corrected chi connectivity index (χ2v) is 4.66. The number of carbonyl (C=O) groups excluding carboxylic acids is 1. The number of esters is 1. The molecule has 2 aromatic heterocycles. The maximum absolute atomic E-state index is 12.3. The van der Waals surface area contributed by atoms with Crippen molar-refractivity contribution in [2.45, 2.75) is 13.8 Å². The van der Waals surface area contributed by atoms with Crippen molar-refractivity contribution < 1.29 is 13.9 Å². The maximum atomic E-state index is 12.3. The van der Waals surface area contributed by atoms with Gasteiger partial charge in [-0.05, 0) is 32.0 Å². The van der Waals surface area contributed by atoms with Crippen LogP contribution in [-0.4, -0.2) is 17.6 Å². The molecule has 0 radical (unpaired) electrons. The van der Waals surface area contributed by atoms with Gasteiger partial charge in [0, 0.05) is 10.9 Å². The molecular formula is C17H15NO3. The average molecular weight is 281 g/mol. The molecule has 0 aliphatic heterocycles. The summed E-state index contributed by atoms with van der Waals surface area (Å²) in [6.07, 6.45) is 1.59. The number of para-hydroxylation sites is 1. The number of fused-ring (bicyclic) bond motifs is 1. The summed E-state index contributed by atoms with van der Waals surface area (Å²) in [4.78, 5) is 16.8. The second kappa shape index (κ2) is 5.40. The predicted octanol–water partition coefficient (Wildman–Crippen LogP) is 3.98. The number of carbonyl (C=O) groups is 1. The van der Waals surface area contributed by atoms with Crippen LogP contribution in [0.4, 0.5) is 0 Å². The molecule has 0 unspecified atom stereocenters. The molecule has 0 amide bonds. The summed E-state index contributed by atoms with van der Waals surface area (Å²) < 4.78 is 10.7. The van der Waals surface area contributed by atoms with E-state index in [0.29, 0.717) is 23.6 Å². The smallest absolute Gasteiger partial charge is 0.340 e. The van der Waals surface area contributed by atoms with Crippen molar-refractivity contribution in [3.8, 4) is 11.3 Å². The first kappa shape index (κ1) is 13.4. The van der Waals surface area contributed by atoms with E-state index in [1.54, 1.807) is 19.3 Å². The molecule has 106 valence electrons. The van der Waals surface area contributed by atoms with Gasteiger partial charge in [-0.15, -0.1) is 0 Å². The summed E-state index contributed by atoms with van der Waals surface area (Å²) in [5.41, 5.74) is 2.67. The number of benzene rings is 1. The number of pyridine rings is 1. The molecule has 0 atom stereocenters. The lowest BCUT2D eigenvalue weighted by atomic mass is 9.98. The second-order valence-electron chi connectivity index (χ2n) is 4.66. The van der Waals surface area contributed by atoms with E-state index in [-0.39, 0.29) is 5.97 Å². The van der Waals surface area contributed by atoms with Crippen molar-refractivity contribution in [2.24, 2.45) is 0 Å². The van der Waals surface area contributed by atoms with Crippen LogP contribution in [0.5, 0.6) is 0 Å². The summed E-state index contributed by atoms with van der Waals surface area (Å²) in [6, 6.07) is 11.3. The highest BCUT2D eigenvalue weighted by atomic mass is 16.5. The quantitative estimate of drug-likeness (QED) is 0.681. The van der Waals surface area contributed by atoms with E-state index in [2.05, 4.69) is 4.98 Å². The van der Waals surface area contributed by atoms with E-state index in [0.717, 1.165) is 16.5 Å². The van der Waals surface area contributed by atoms with E-state index >= 15 is 0 Å². The van der Waals surface area contributed by atoms with Gasteiger partial charge in [0.2, 0.25) is 0 Å². The molecule has 0 saturated heterocycles. The van der Waals surface area contributed by atoms with Crippen LogP contribution < -0.4 is 0 Å². The first-order valence-corrected chi connectivity index (χ1v) is 6.82. The van der Waals surface area contributed by atoms with Crippen LogP contribution in [0.3, 0.4) is 0 Å². The van der Waals surface area contributed by atoms with Crippen molar-refractivity contribution in [1.29, 1.82) is 0 Å². The SMILES string of the molecule is CCOC(=O)c1c(C)nc2ccccc2c1-c1ccco1. The van der Waals surface area contributed by atoms with Gasteiger partial charge in [0.05, 0.1) is 29.6 Å². The van der Waals surface area contributed by atoms with Crippen LogP contribution in [0.2, 0.25) is 0 Å². The number of hydrogen-bond acceptors (Lipinski definition) is 4. The summed E-state index contributed by atoms with van der Waals surface area (Å²) >= 11 is 0. The summed E-state index contributed by atoms with van der Waals surface area (Å²) in [6.45, 7) is 3.92. The zero-order chi connectivity index (χ0) is 14.8. The minimum Gasteiger partial charge on any atom is -0.464 e. The number of aromatic nitrogens is 1. The Kier molecular flexibility index (Phi) is 3.44. The Bertz CT molecular complexity index is 791. The van der Waals surface area contributed by atoms with Gasteiger partial charge >= 0.3 is 5.97 Å². The molecule has 3 aromatic rings. The molecule has 4 heteroatoms. The molecule has 0 aliphatic carbocycles. The lowest BCUT2D eigenvalue weighted by Crippen LogP contribution is -2.10. The van der Waals surface area contributed by atoms with Crippen LogP contribution in [0.1, 0.15) is 23.0 Å². The number of nitrogens with zero attached hydrogens (tertiary/aromatic N) is 1. The fourth-order valence-electron chi connectivity index (χ4n) is 2.46. The van der Waals surface area contributed by atoms with Crippen LogP contribution >= 0.6 is 0 Å². The predicted molar refractivity (Wildman–Crippen MR) is 80.1 cm³/mol. The van der Waals surface area contributed by atoms with E-state index in [1.165, 1.54) is 0 Å². The molecule has 3 rings (SSSR count). The van der Waals surface area contributed by atoms with Gasteiger partial charge in [0.1, 0.15) is 5.76 Å². The third-order valence-corrected chi connectivity index (χ3v) is 3.32. The van der Waals surface area contributed by atoms with E-state index in [9.17, 15) is 4.79 Å². The highest BCUT2D eigenvalue weighted by Gasteiger charge is 2.22. The van der Waals surface area contributed by atoms with Crippen molar-refractivity contribution in [2.75, 3.05) is 6.61 Å². The van der Waals surface area contributed by atoms with Crippen LogP contribution in [-0.2, 0) is 4.74 Å². The highest BCUT2D eigenvalue weighted by Crippen LogP contribution is 2.33. The first-order valence-electron chi connectivity index (χ1n) is 6.82. The number of hydrogen-bond donors (Lipinski definition) is 0. The summed E-state index contributed by atoms with van der Waals surface area (Å²) in [5, 5.41) is 0.876. The third-order valence-electron chi connectivity index (χ3n) is 3.32. The van der Waals surface area contributed by atoms with Crippen LogP contribution in [0.15, 0.2) is 47.1 Å². The molecular weight excluding hydrogens is 266 g/mol. The van der Waals surface area contributed by atoms with Crippen LogP contribution in [0.25, 0.3) is 22.2 Å². The number of furan rings is 1. The Morgan fingerprint density at radius 3 is 2.76 bits per heavy atom. The third kappa shape index (κ3) is 2.29. The van der Waals surface area contributed by atoms with Crippen molar-refractivity contribution in [3.05, 3.63) is 53.9 Å². The van der Waals surface area contributed by atoms with Crippen molar-refractivity contribution in [3.63, 3.8) is 0 Å². The van der Waals surface area contributed by atoms with Gasteiger partial charge in [-0.2, -0.15) is 0 Å². The summed E-state index contributed by atoms with van der Waals surface area (Å²) in [5.74, 6) is 0.263. The maximum Gasteiger partial charge on any atom is 0.340 e. The minimum absolute atomic E-state index is 0.322. The molecule has 0 bridgehead atoms. The fraction of sp³-hybridized carbons (Fsp3) is 0.176. The van der Waals surface area contributed by atoms with E-state index < -0.39 is 0 Å². The monoisotopic (exact) mass is 281 g/mol. The van der Waals surface area contributed by atoms with Crippen LogP contribution in [0, 0.1) is 6.92 Å². The molecule has 0 fully saturated rings. The van der Waals surface area contributed by atoms with Crippen molar-refractivity contribution >= 4 is 16.9 Å². The fourth-order valence-corrected chi connectivity index (χ4v) is 2.46. The lowest BCUT2D eigenvalue weighted by Gasteiger charge is -2.12. The highest BCUT2D eigenvalue weighted by molar-refractivity contribution is 6.06. The molecule has 1 aromatic carbocycles. The number of aryl methyl sites for hydroxylation is 1. The molecule has 0 spiro atoms. The normalized spacial score (nSPS) is 10.8. The molecule has 0 saturated carbocycles. The van der Waals surface area contributed by atoms with Gasteiger partial charge in [-0.3, -0.25) is 4.98 Å². The van der Waals surface area contributed by atoms with Gasteiger partial charge < -0.3 is 9.15 Å². The number of rotatable bonds is 3. The minimum atomic E-state index is -0.375. The van der Waals surface area contributed by atoms with Gasteiger partial charge in [-0.1, -0.05) is 18.2 Å². The lowest BCUT2D eigenvalue weighted by molar-refractivity contribution is 0.0526.